The Balaban J connectivity index is 1.84. The highest BCUT2D eigenvalue weighted by molar-refractivity contribution is 6.33. The van der Waals surface area contributed by atoms with Crippen molar-refractivity contribution in [3.8, 4) is 0 Å². The molecule has 0 bridgehead atoms. The second kappa shape index (κ2) is 5.38. The number of anilines is 1. The van der Waals surface area contributed by atoms with Gasteiger partial charge in [0, 0.05) is 6.54 Å². The van der Waals surface area contributed by atoms with Gasteiger partial charge in [-0.05, 0) is 44.0 Å². The van der Waals surface area contributed by atoms with E-state index in [2.05, 4.69) is 10.6 Å². The van der Waals surface area contributed by atoms with E-state index in [0.717, 1.165) is 29.7 Å². The molecule has 1 saturated heterocycles. The van der Waals surface area contributed by atoms with Crippen molar-refractivity contribution in [2.75, 3.05) is 25.0 Å². The Bertz CT molecular complexity index is 308. The predicted molar refractivity (Wildman–Crippen MR) is 65.5 cm³/mol. The summed E-state index contributed by atoms with van der Waals surface area (Å²) in [6, 6.07) is 7.91. The lowest BCUT2D eigenvalue weighted by atomic mass is 10.00. The molecule has 0 saturated carbocycles. The van der Waals surface area contributed by atoms with Crippen LogP contribution in [0.3, 0.4) is 0 Å². The lowest BCUT2D eigenvalue weighted by Crippen LogP contribution is -2.33. The Morgan fingerprint density at radius 1 is 1.40 bits per heavy atom. The van der Waals surface area contributed by atoms with Crippen LogP contribution in [0.2, 0.25) is 5.02 Å². The van der Waals surface area contributed by atoms with E-state index in [-0.39, 0.29) is 0 Å². The standard InChI is InChI=1S/C12H17ClN2/c13-11-5-1-2-6-12(11)15-9-10-4-3-7-14-8-10/h1-2,5-6,10,14-15H,3-4,7-9H2. The van der Waals surface area contributed by atoms with Crippen molar-refractivity contribution in [2.45, 2.75) is 12.8 Å². The molecule has 15 heavy (non-hydrogen) atoms. The molecule has 3 heteroatoms. The summed E-state index contributed by atoms with van der Waals surface area (Å²) in [6.07, 6.45) is 2.60. The van der Waals surface area contributed by atoms with E-state index in [0.29, 0.717) is 0 Å². The summed E-state index contributed by atoms with van der Waals surface area (Å²) in [6.45, 7) is 3.30. The topological polar surface area (TPSA) is 24.1 Å². The normalized spacial score (nSPS) is 21.3. The first-order valence-corrected chi connectivity index (χ1v) is 5.93. The van der Waals surface area contributed by atoms with Crippen LogP contribution in [0.4, 0.5) is 5.69 Å². The third kappa shape index (κ3) is 3.11. The number of benzene rings is 1. The number of nitrogens with one attached hydrogen (secondary N) is 2. The third-order valence-corrected chi connectivity index (χ3v) is 3.18. The maximum atomic E-state index is 6.06. The van der Waals surface area contributed by atoms with E-state index in [1.165, 1.54) is 19.4 Å². The van der Waals surface area contributed by atoms with E-state index >= 15 is 0 Å². The summed E-state index contributed by atoms with van der Waals surface area (Å²) in [5, 5.41) is 7.63. The van der Waals surface area contributed by atoms with Gasteiger partial charge in [-0.3, -0.25) is 0 Å². The summed E-state index contributed by atoms with van der Waals surface area (Å²) in [7, 11) is 0. The van der Waals surface area contributed by atoms with Gasteiger partial charge in [-0.25, -0.2) is 0 Å². The van der Waals surface area contributed by atoms with E-state index in [1.807, 2.05) is 24.3 Å². The number of para-hydroxylation sites is 1. The van der Waals surface area contributed by atoms with Crippen LogP contribution < -0.4 is 10.6 Å². The molecule has 1 unspecified atom stereocenters. The molecule has 1 aromatic carbocycles. The zero-order chi connectivity index (χ0) is 10.5. The van der Waals surface area contributed by atoms with Gasteiger partial charge in [0.15, 0.2) is 0 Å². The molecule has 1 heterocycles. The summed E-state index contributed by atoms with van der Waals surface area (Å²) in [4.78, 5) is 0. The van der Waals surface area contributed by atoms with Gasteiger partial charge < -0.3 is 10.6 Å². The van der Waals surface area contributed by atoms with Gasteiger partial charge in [0.25, 0.3) is 0 Å². The molecule has 2 rings (SSSR count). The number of hydrogen-bond acceptors (Lipinski definition) is 2. The predicted octanol–water partition coefficient (Wildman–Crippen LogP) is 2.75. The van der Waals surface area contributed by atoms with Crippen LogP contribution in [-0.4, -0.2) is 19.6 Å². The summed E-state index contributed by atoms with van der Waals surface area (Å²) in [5.41, 5.74) is 1.05. The number of hydrogen-bond donors (Lipinski definition) is 2. The SMILES string of the molecule is Clc1ccccc1NCC1CCCNC1. The van der Waals surface area contributed by atoms with Gasteiger partial charge in [0.1, 0.15) is 0 Å². The molecular formula is C12H17ClN2. The van der Waals surface area contributed by atoms with E-state index < -0.39 is 0 Å². The van der Waals surface area contributed by atoms with Gasteiger partial charge in [-0.1, -0.05) is 23.7 Å². The van der Waals surface area contributed by atoms with Crippen molar-refractivity contribution in [3.63, 3.8) is 0 Å². The van der Waals surface area contributed by atoms with E-state index in [9.17, 15) is 0 Å². The largest absolute Gasteiger partial charge is 0.384 e. The minimum absolute atomic E-state index is 0.732. The second-order valence-electron chi connectivity index (χ2n) is 4.07. The Morgan fingerprint density at radius 3 is 3.00 bits per heavy atom. The molecule has 1 atom stereocenters. The maximum absolute atomic E-state index is 6.06. The minimum atomic E-state index is 0.732. The number of halogens is 1. The van der Waals surface area contributed by atoms with Crippen LogP contribution in [0, 0.1) is 5.92 Å². The first kappa shape index (κ1) is 10.8. The first-order chi connectivity index (χ1) is 7.36. The summed E-state index contributed by atoms with van der Waals surface area (Å²) < 4.78 is 0. The van der Waals surface area contributed by atoms with Gasteiger partial charge in [0.05, 0.1) is 10.7 Å². The molecule has 0 radical (unpaired) electrons. The highest BCUT2D eigenvalue weighted by Gasteiger charge is 2.12. The zero-order valence-corrected chi connectivity index (χ0v) is 9.56. The van der Waals surface area contributed by atoms with Crippen LogP contribution in [0.15, 0.2) is 24.3 Å². The lowest BCUT2D eigenvalue weighted by Gasteiger charge is -2.23. The smallest absolute Gasteiger partial charge is 0.0637 e. The third-order valence-electron chi connectivity index (χ3n) is 2.85. The summed E-state index contributed by atoms with van der Waals surface area (Å²) in [5.74, 6) is 0.732. The van der Waals surface area contributed by atoms with Crippen molar-refractivity contribution >= 4 is 17.3 Å². The van der Waals surface area contributed by atoms with Crippen LogP contribution in [0.5, 0.6) is 0 Å². The fourth-order valence-corrected chi connectivity index (χ4v) is 2.16. The molecule has 1 aromatic rings. The van der Waals surface area contributed by atoms with Crippen LogP contribution >= 0.6 is 11.6 Å². The van der Waals surface area contributed by atoms with Crippen molar-refractivity contribution in [3.05, 3.63) is 29.3 Å². The summed E-state index contributed by atoms with van der Waals surface area (Å²) >= 11 is 6.06. The quantitative estimate of drug-likeness (QED) is 0.825. The van der Waals surface area contributed by atoms with Crippen molar-refractivity contribution in [1.29, 1.82) is 0 Å². The van der Waals surface area contributed by atoms with Crippen LogP contribution in [0.1, 0.15) is 12.8 Å². The van der Waals surface area contributed by atoms with Crippen molar-refractivity contribution in [1.82, 2.24) is 5.32 Å². The fourth-order valence-electron chi connectivity index (χ4n) is 1.96. The molecule has 0 amide bonds. The van der Waals surface area contributed by atoms with Crippen LogP contribution in [0.25, 0.3) is 0 Å². The number of piperidine rings is 1. The van der Waals surface area contributed by atoms with Crippen LogP contribution in [-0.2, 0) is 0 Å². The molecule has 0 aliphatic carbocycles. The number of rotatable bonds is 3. The Morgan fingerprint density at radius 2 is 2.27 bits per heavy atom. The molecular weight excluding hydrogens is 208 g/mol. The van der Waals surface area contributed by atoms with Gasteiger partial charge in [-0.15, -0.1) is 0 Å². The molecule has 1 aliphatic rings. The average molecular weight is 225 g/mol. The highest BCUT2D eigenvalue weighted by Crippen LogP contribution is 2.21. The molecule has 1 fully saturated rings. The average Bonchev–Trinajstić information content (AvgIpc) is 2.29. The Hall–Kier alpha value is -0.730. The van der Waals surface area contributed by atoms with Crippen molar-refractivity contribution < 1.29 is 0 Å². The fraction of sp³-hybridized carbons (Fsp3) is 0.500. The molecule has 2 nitrogen and oxygen atoms in total. The first-order valence-electron chi connectivity index (χ1n) is 5.55. The van der Waals surface area contributed by atoms with Gasteiger partial charge in [-0.2, -0.15) is 0 Å². The van der Waals surface area contributed by atoms with E-state index in [1.54, 1.807) is 0 Å². The molecule has 2 N–H and O–H groups in total. The molecule has 1 aliphatic heterocycles. The molecule has 0 aromatic heterocycles. The second-order valence-corrected chi connectivity index (χ2v) is 4.48. The Labute approximate surface area is 96.0 Å². The minimum Gasteiger partial charge on any atom is -0.384 e. The van der Waals surface area contributed by atoms with Gasteiger partial charge in [0.2, 0.25) is 0 Å². The monoisotopic (exact) mass is 224 g/mol. The molecule has 82 valence electrons. The highest BCUT2D eigenvalue weighted by atomic mass is 35.5. The van der Waals surface area contributed by atoms with Gasteiger partial charge >= 0.3 is 0 Å². The maximum Gasteiger partial charge on any atom is 0.0637 e. The lowest BCUT2D eigenvalue weighted by molar-refractivity contribution is 0.393. The van der Waals surface area contributed by atoms with E-state index in [4.69, 9.17) is 11.6 Å². The molecule has 0 spiro atoms. The van der Waals surface area contributed by atoms with Crippen molar-refractivity contribution in [2.24, 2.45) is 5.92 Å². The Kier molecular flexibility index (Phi) is 3.87. The zero-order valence-electron chi connectivity index (χ0n) is 8.80.